The third kappa shape index (κ3) is 5.48. The van der Waals surface area contributed by atoms with Gasteiger partial charge >= 0.3 is 0 Å². The SMILES string of the molecule is CCO[C@@H]1C[C@]23C=CC(=O)C[C@H]2C([N+](=O)[O-])=Cc2ccc(OC)c(c23)O1.CCO[C@H]1C[C@]23C=CC(=O)C[C@H]2C([N+](=O)[O-])=Cc2ccc(OC)c(c23)O1. The number of benzene rings is 2. The number of nitro groups is 2. The van der Waals surface area contributed by atoms with Gasteiger partial charge in [0.15, 0.2) is 34.6 Å². The van der Waals surface area contributed by atoms with E-state index in [0.717, 1.165) is 22.3 Å². The maximum absolute atomic E-state index is 12.1. The molecule has 8 rings (SSSR count). The molecule has 14 heteroatoms. The van der Waals surface area contributed by atoms with Crippen LogP contribution in [0.15, 0.2) is 60.0 Å². The fraction of sp³-hybridized carbons (Fsp3) is 0.421. The fourth-order valence-corrected chi connectivity index (χ4v) is 8.74. The first kappa shape index (κ1) is 35.1. The molecule has 2 heterocycles. The summed E-state index contributed by atoms with van der Waals surface area (Å²) < 4.78 is 34.4. The van der Waals surface area contributed by atoms with E-state index >= 15 is 0 Å². The van der Waals surface area contributed by atoms with Crippen LogP contribution < -0.4 is 18.9 Å². The van der Waals surface area contributed by atoms with Crippen molar-refractivity contribution in [2.75, 3.05) is 27.4 Å². The maximum atomic E-state index is 12.1. The van der Waals surface area contributed by atoms with Crippen molar-refractivity contribution in [2.24, 2.45) is 11.8 Å². The van der Waals surface area contributed by atoms with Gasteiger partial charge in [0.05, 0.1) is 35.9 Å². The molecule has 2 spiro atoms. The monoisotopic (exact) mass is 714 g/mol. The van der Waals surface area contributed by atoms with Crippen molar-refractivity contribution in [1.82, 2.24) is 0 Å². The minimum absolute atomic E-state index is 0.0588. The Balaban J connectivity index is 0.000000162. The molecular formula is C38H38N2O12. The normalized spacial score (nSPS) is 28.5. The molecule has 0 bridgehead atoms. The lowest BCUT2D eigenvalue weighted by molar-refractivity contribution is -0.434. The van der Waals surface area contributed by atoms with E-state index in [-0.39, 0.29) is 45.6 Å². The summed E-state index contributed by atoms with van der Waals surface area (Å²) in [5.74, 6) is 0.848. The van der Waals surface area contributed by atoms with E-state index in [1.54, 1.807) is 62.8 Å². The van der Waals surface area contributed by atoms with Crippen molar-refractivity contribution in [3.8, 4) is 23.0 Å². The van der Waals surface area contributed by atoms with Crippen LogP contribution in [0.2, 0.25) is 0 Å². The molecule has 0 aromatic heterocycles. The van der Waals surface area contributed by atoms with Crippen LogP contribution in [-0.4, -0.2) is 61.4 Å². The highest BCUT2D eigenvalue weighted by molar-refractivity contribution is 5.93. The van der Waals surface area contributed by atoms with Gasteiger partial charge in [0.2, 0.25) is 12.6 Å². The van der Waals surface area contributed by atoms with Crippen LogP contribution in [0, 0.1) is 32.1 Å². The Morgan fingerprint density at radius 1 is 0.712 bits per heavy atom. The lowest BCUT2D eigenvalue weighted by Gasteiger charge is -2.47. The van der Waals surface area contributed by atoms with Crippen molar-refractivity contribution in [1.29, 1.82) is 0 Å². The zero-order valence-corrected chi connectivity index (χ0v) is 29.1. The van der Waals surface area contributed by atoms with Crippen LogP contribution in [0.5, 0.6) is 23.0 Å². The molecule has 6 atom stereocenters. The zero-order valence-electron chi connectivity index (χ0n) is 29.1. The van der Waals surface area contributed by atoms with Gasteiger partial charge < -0.3 is 28.4 Å². The second kappa shape index (κ2) is 13.3. The molecule has 0 N–H and O–H groups in total. The molecule has 272 valence electrons. The number of ketones is 2. The highest BCUT2D eigenvalue weighted by Gasteiger charge is 2.57. The van der Waals surface area contributed by atoms with Gasteiger partial charge in [0.1, 0.15) is 0 Å². The zero-order chi connectivity index (χ0) is 36.9. The van der Waals surface area contributed by atoms with Crippen LogP contribution in [-0.2, 0) is 29.9 Å². The van der Waals surface area contributed by atoms with Crippen molar-refractivity contribution in [3.63, 3.8) is 0 Å². The molecule has 0 saturated carbocycles. The molecule has 0 fully saturated rings. The van der Waals surface area contributed by atoms with Crippen molar-refractivity contribution >= 4 is 23.7 Å². The van der Waals surface area contributed by atoms with Gasteiger partial charge in [-0.3, -0.25) is 29.8 Å². The van der Waals surface area contributed by atoms with Crippen LogP contribution in [0.3, 0.4) is 0 Å². The number of nitrogens with zero attached hydrogens (tertiary/aromatic N) is 2. The van der Waals surface area contributed by atoms with Gasteiger partial charge in [-0.25, -0.2) is 0 Å². The van der Waals surface area contributed by atoms with Gasteiger partial charge in [0, 0.05) is 73.0 Å². The molecule has 6 aliphatic rings. The first-order valence-electron chi connectivity index (χ1n) is 17.2. The molecular weight excluding hydrogens is 676 g/mol. The minimum Gasteiger partial charge on any atom is -0.493 e. The van der Waals surface area contributed by atoms with E-state index in [2.05, 4.69) is 0 Å². The number of carbonyl (C=O) groups excluding carboxylic acids is 2. The topological polar surface area (TPSA) is 176 Å². The summed E-state index contributed by atoms with van der Waals surface area (Å²) in [4.78, 5) is 46.8. The van der Waals surface area contributed by atoms with Crippen molar-refractivity contribution in [2.45, 2.75) is 62.9 Å². The first-order chi connectivity index (χ1) is 25.0. The van der Waals surface area contributed by atoms with Gasteiger partial charge in [-0.05, 0) is 49.3 Å². The Bertz CT molecular complexity index is 1860. The van der Waals surface area contributed by atoms with E-state index in [0.29, 0.717) is 49.1 Å². The van der Waals surface area contributed by atoms with Gasteiger partial charge in [0.25, 0.3) is 11.4 Å². The van der Waals surface area contributed by atoms with Crippen LogP contribution in [0.4, 0.5) is 0 Å². The Kier molecular flexibility index (Phi) is 8.99. The van der Waals surface area contributed by atoms with Crippen LogP contribution >= 0.6 is 0 Å². The Morgan fingerprint density at radius 3 is 1.46 bits per heavy atom. The highest BCUT2D eigenvalue weighted by atomic mass is 16.7. The van der Waals surface area contributed by atoms with E-state index in [1.165, 1.54) is 12.2 Å². The Morgan fingerprint density at radius 2 is 1.12 bits per heavy atom. The number of hydrogen-bond acceptors (Lipinski definition) is 12. The predicted octanol–water partition coefficient (Wildman–Crippen LogP) is 5.71. The largest absolute Gasteiger partial charge is 0.493 e. The number of methoxy groups -OCH3 is 2. The van der Waals surface area contributed by atoms with E-state index in [4.69, 9.17) is 28.4 Å². The Labute approximate surface area is 298 Å². The molecule has 52 heavy (non-hydrogen) atoms. The molecule has 0 unspecified atom stereocenters. The lowest BCUT2D eigenvalue weighted by Crippen LogP contribution is -2.49. The summed E-state index contributed by atoms with van der Waals surface area (Å²) >= 11 is 0. The van der Waals surface area contributed by atoms with Gasteiger partial charge in [-0.2, -0.15) is 0 Å². The molecule has 2 aliphatic heterocycles. The Hall–Kier alpha value is -5.34. The summed E-state index contributed by atoms with van der Waals surface area (Å²) in [6, 6.07) is 7.08. The number of ether oxygens (including phenoxy) is 6. The third-order valence-corrected chi connectivity index (χ3v) is 10.8. The number of rotatable bonds is 8. The number of allylic oxidation sites excluding steroid dienone is 6. The average molecular weight is 715 g/mol. The summed E-state index contributed by atoms with van der Waals surface area (Å²) in [6.45, 7) is 4.63. The summed E-state index contributed by atoms with van der Waals surface area (Å²) in [7, 11) is 3.11. The fourth-order valence-electron chi connectivity index (χ4n) is 8.74. The van der Waals surface area contributed by atoms with E-state index < -0.39 is 35.2 Å². The quantitative estimate of drug-likeness (QED) is 0.241. The van der Waals surface area contributed by atoms with Crippen LogP contribution in [0.25, 0.3) is 12.2 Å². The smallest absolute Gasteiger partial charge is 0.251 e. The second-order valence-corrected chi connectivity index (χ2v) is 13.4. The van der Waals surface area contributed by atoms with E-state index in [9.17, 15) is 29.8 Å². The summed E-state index contributed by atoms with van der Waals surface area (Å²) in [5, 5.41) is 23.5. The second-order valence-electron chi connectivity index (χ2n) is 13.4. The predicted molar refractivity (Wildman–Crippen MR) is 185 cm³/mol. The molecule has 4 aliphatic carbocycles. The van der Waals surface area contributed by atoms with Crippen molar-refractivity contribution in [3.05, 3.63) is 102 Å². The molecule has 2 aromatic carbocycles. The van der Waals surface area contributed by atoms with E-state index in [1.807, 2.05) is 13.8 Å². The molecule has 0 amide bonds. The minimum atomic E-state index is -0.720. The van der Waals surface area contributed by atoms with Crippen molar-refractivity contribution < 1.29 is 47.9 Å². The molecule has 14 nitrogen and oxygen atoms in total. The molecule has 2 aromatic rings. The summed E-state index contributed by atoms with van der Waals surface area (Å²) in [6.07, 6.45) is 9.65. The number of carbonyl (C=O) groups is 2. The summed E-state index contributed by atoms with van der Waals surface area (Å²) in [5.41, 5.74) is 1.80. The maximum Gasteiger partial charge on any atom is 0.251 e. The third-order valence-electron chi connectivity index (χ3n) is 10.8. The van der Waals surface area contributed by atoms with Gasteiger partial charge in [-0.1, -0.05) is 24.3 Å². The lowest BCUT2D eigenvalue weighted by atomic mass is 9.58. The average Bonchev–Trinajstić information content (AvgIpc) is 3.12. The van der Waals surface area contributed by atoms with Crippen LogP contribution in [0.1, 0.15) is 61.8 Å². The van der Waals surface area contributed by atoms with Gasteiger partial charge in [-0.15, -0.1) is 0 Å². The highest BCUT2D eigenvalue weighted by Crippen LogP contribution is 2.60. The standard InChI is InChI=1S/2C19H19NO6/c2*1-3-25-16-10-19-7-6-12(21)9-13(19)14(20(22)23)8-11-4-5-15(24-2)18(26-16)17(11)19/h2*4-8,13,16H,3,9-10H2,1-2H3/t13-,16+,19+;13-,16-,19+/m00/s1. The molecule has 0 saturated heterocycles. The number of hydrogen-bond donors (Lipinski definition) is 0. The first-order valence-corrected chi connectivity index (χ1v) is 17.2. The molecule has 0 radical (unpaired) electrons.